The van der Waals surface area contributed by atoms with Crippen molar-refractivity contribution in [2.75, 3.05) is 6.61 Å². The molecule has 2 heterocycles. The lowest BCUT2D eigenvalue weighted by atomic mass is 10.1. The average Bonchev–Trinajstić information content (AvgIpc) is 3.39. The molecule has 0 saturated heterocycles. The molecule has 30 heavy (non-hydrogen) atoms. The highest BCUT2D eigenvalue weighted by Gasteiger charge is 2.19. The first-order valence-corrected chi connectivity index (χ1v) is 10.5. The predicted molar refractivity (Wildman–Crippen MR) is 119 cm³/mol. The van der Waals surface area contributed by atoms with E-state index >= 15 is 0 Å². The van der Waals surface area contributed by atoms with Crippen LogP contribution in [0.1, 0.15) is 38.1 Å². The van der Waals surface area contributed by atoms with E-state index in [0.29, 0.717) is 5.56 Å². The second-order valence-electron chi connectivity index (χ2n) is 7.14. The van der Waals surface area contributed by atoms with Gasteiger partial charge in [-0.05, 0) is 54.6 Å². The summed E-state index contributed by atoms with van der Waals surface area (Å²) < 4.78 is 5.28. The largest absolute Gasteiger partial charge is 0.452 e. The van der Waals surface area contributed by atoms with Gasteiger partial charge in [-0.25, -0.2) is 4.79 Å². The number of thiophene rings is 1. The molecule has 1 unspecified atom stereocenters. The summed E-state index contributed by atoms with van der Waals surface area (Å²) >= 11 is 1.57. The Morgan fingerprint density at radius 1 is 1.07 bits per heavy atom. The van der Waals surface area contributed by atoms with Crippen LogP contribution in [0.4, 0.5) is 0 Å². The van der Waals surface area contributed by atoms with Crippen molar-refractivity contribution in [1.29, 1.82) is 0 Å². The van der Waals surface area contributed by atoms with E-state index in [1.165, 1.54) is 0 Å². The molecule has 6 heteroatoms. The Labute approximate surface area is 178 Å². The predicted octanol–water partition coefficient (Wildman–Crippen LogP) is 4.91. The van der Waals surface area contributed by atoms with Gasteiger partial charge in [-0.1, -0.05) is 36.4 Å². The Balaban J connectivity index is 1.43. The molecule has 0 aliphatic heterocycles. The lowest BCUT2D eigenvalue weighted by Gasteiger charge is -2.18. The molecule has 2 aromatic carbocycles. The third kappa shape index (κ3) is 4.14. The fourth-order valence-electron chi connectivity index (χ4n) is 3.43. The number of rotatable bonds is 6. The number of aromatic nitrogens is 1. The summed E-state index contributed by atoms with van der Waals surface area (Å²) in [6, 6.07) is 18.7. The lowest BCUT2D eigenvalue weighted by Crippen LogP contribution is -2.32. The van der Waals surface area contributed by atoms with Gasteiger partial charge >= 0.3 is 5.97 Å². The first-order chi connectivity index (χ1) is 14.5. The quantitative estimate of drug-likeness (QED) is 0.437. The van der Waals surface area contributed by atoms with Gasteiger partial charge in [-0.2, -0.15) is 0 Å². The minimum atomic E-state index is -0.516. The van der Waals surface area contributed by atoms with Crippen molar-refractivity contribution >= 4 is 34.1 Å². The number of ether oxygens (including phenoxy) is 1. The topological polar surface area (TPSA) is 71.2 Å². The summed E-state index contributed by atoms with van der Waals surface area (Å²) in [4.78, 5) is 29.3. The maximum absolute atomic E-state index is 12.5. The van der Waals surface area contributed by atoms with E-state index in [-0.39, 0.29) is 18.6 Å². The highest BCUT2D eigenvalue weighted by atomic mass is 32.1. The third-order valence-corrected chi connectivity index (χ3v) is 6.08. The van der Waals surface area contributed by atoms with Crippen LogP contribution in [0, 0.1) is 13.8 Å². The number of nitrogens with one attached hydrogen (secondary N) is 2. The zero-order chi connectivity index (χ0) is 21.1. The zero-order valence-electron chi connectivity index (χ0n) is 16.8. The van der Waals surface area contributed by atoms with Crippen LogP contribution in [0.3, 0.4) is 0 Å². The molecule has 0 spiro atoms. The van der Waals surface area contributed by atoms with E-state index in [0.717, 1.165) is 32.6 Å². The highest BCUT2D eigenvalue weighted by molar-refractivity contribution is 7.10. The van der Waals surface area contributed by atoms with Crippen LogP contribution in [0.15, 0.2) is 66.0 Å². The van der Waals surface area contributed by atoms with Crippen molar-refractivity contribution in [3.05, 3.63) is 93.3 Å². The van der Waals surface area contributed by atoms with Gasteiger partial charge in [0.05, 0.1) is 11.6 Å². The number of H-pyrrole nitrogens is 1. The van der Waals surface area contributed by atoms with E-state index in [4.69, 9.17) is 4.74 Å². The van der Waals surface area contributed by atoms with Crippen molar-refractivity contribution in [2.24, 2.45) is 0 Å². The number of amides is 1. The number of hydrogen-bond acceptors (Lipinski definition) is 4. The van der Waals surface area contributed by atoms with Gasteiger partial charge in [0.15, 0.2) is 6.61 Å². The molecule has 0 fully saturated rings. The number of fused-ring (bicyclic) bond motifs is 1. The number of aryl methyl sites for hydroxylation is 2. The number of benzene rings is 2. The molecule has 0 bridgehead atoms. The van der Waals surface area contributed by atoms with E-state index in [2.05, 4.69) is 10.3 Å². The minimum Gasteiger partial charge on any atom is -0.452 e. The van der Waals surface area contributed by atoms with Crippen molar-refractivity contribution in [3.8, 4) is 0 Å². The van der Waals surface area contributed by atoms with Crippen molar-refractivity contribution in [1.82, 2.24) is 10.3 Å². The lowest BCUT2D eigenvalue weighted by molar-refractivity contribution is -0.124. The second kappa shape index (κ2) is 8.55. The Morgan fingerprint density at radius 3 is 2.60 bits per heavy atom. The minimum absolute atomic E-state index is 0.278. The number of hydrogen-bond donors (Lipinski definition) is 2. The van der Waals surface area contributed by atoms with E-state index in [9.17, 15) is 9.59 Å². The molecule has 0 aliphatic rings. The van der Waals surface area contributed by atoms with Crippen LogP contribution < -0.4 is 5.32 Å². The van der Waals surface area contributed by atoms with Gasteiger partial charge in [0, 0.05) is 21.5 Å². The fourth-order valence-corrected chi connectivity index (χ4v) is 4.23. The number of esters is 1. The van der Waals surface area contributed by atoms with E-state index in [1.54, 1.807) is 23.5 Å². The van der Waals surface area contributed by atoms with E-state index in [1.807, 2.05) is 67.8 Å². The smallest absolute Gasteiger partial charge is 0.338 e. The zero-order valence-corrected chi connectivity index (χ0v) is 17.6. The summed E-state index contributed by atoms with van der Waals surface area (Å²) in [6.07, 6.45) is 0. The monoisotopic (exact) mass is 418 g/mol. The standard InChI is InChI=1S/C24H22N2O3S/c1-15-16(2)25-20-11-10-18(13-19(15)20)24(28)29-14-22(27)26-23(21-9-6-12-30-21)17-7-4-3-5-8-17/h3-13,23,25H,14H2,1-2H3,(H,26,27). The van der Waals surface area contributed by atoms with Crippen molar-refractivity contribution in [3.63, 3.8) is 0 Å². The van der Waals surface area contributed by atoms with Gasteiger partial charge in [0.1, 0.15) is 0 Å². The molecule has 2 aromatic heterocycles. The molecule has 152 valence electrons. The molecule has 5 nitrogen and oxygen atoms in total. The molecule has 1 amide bonds. The van der Waals surface area contributed by atoms with Gasteiger partial charge in [-0.3, -0.25) is 4.79 Å². The molecule has 4 aromatic rings. The maximum Gasteiger partial charge on any atom is 0.338 e. The average molecular weight is 419 g/mol. The Morgan fingerprint density at radius 2 is 1.87 bits per heavy atom. The van der Waals surface area contributed by atoms with Gasteiger partial charge in [0.2, 0.25) is 0 Å². The Kier molecular flexibility index (Phi) is 5.68. The molecular weight excluding hydrogens is 396 g/mol. The fraction of sp³-hybridized carbons (Fsp3) is 0.167. The van der Waals surface area contributed by atoms with Crippen molar-refractivity contribution < 1.29 is 14.3 Å². The van der Waals surface area contributed by atoms with Gasteiger partial charge in [-0.15, -0.1) is 11.3 Å². The van der Waals surface area contributed by atoms with Crippen LogP contribution in [0.5, 0.6) is 0 Å². The number of carbonyl (C=O) groups excluding carboxylic acids is 2. The third-order valence-electron chi connectivity index (χ3n) is 5.14. The number of aromatic amines is 1. The maximum atomic E-state index is 12.5. The van der Waals surface area contributed by atoms with Crippen LogP contribution in [-0.4, -0.2) is 23.5 Å². The van der Waals surface area contributed by atoms with E-state index < -0.39 is 5.97 Å². The summed E-state index contributed by atoms with van der Waals surface area (Å²) in [5.41, 5.74) is 4.54. The number of carbonyl (C=O) groups is 2. The SMILES string of the molecule is Cc1[nH]c2ccc(C(=O)OCC(=O)NC(c3ccccc3)c3cccs3)cc2c1C. The highest BCUT2D eigenvalue weighted by Crippen LogP contribution is 2.26. The molecular formula is C24H22N2O3S. The molecule has 0 saturated carbocycles. The van der Waals surface area contributed by atoms with Crippen LogP contribution in [-0.2, 0) is 9.53 Å². The molecule has 2 N–H and O–H groups in total. The van der Waals surface area contributed by atoms with Gasteiger partial charge in [0.25, 0.3) is 5.91 Å². The first-order valence-electron chi connectivity index (χ1n) is 9.66. The second-order valence-corrected chi connectivity index (χ2v) is 8.12. The summed E-state index contributed by atoms with van der Waals surface area (Å²) in [6.45, 7) is 3.66. The molecule has 1 atom stereocenters. The Hall–Kier alpha value is -3.38. The van der Waals surface area contributed by atoms with Crippen molar-refractivity contribution in [2.45, 2.75) is 19.9 Å². The van der Waals surface area contributed by atoms with Crippen LogP contribution in [0.25, 0.3) is 10.9 Å². The van der Waals surface area contributed by atoms with Gasteiger partial charge < -0.3 is 15.0 Å². The van der Waals surface area contributed by atoms with Crippen LogP contribution >= 0.6 is 11.3 Å². The Bertz CT molecular complexity index is 1180. The normalized spacial score (nSPS) is 11.9. The molecule has 4 rings (SSSR count). The summed E-state index contributed by atoms with van der Waals surface area (Å²) in [7, 11) is 0. The first kappa shape index (κ1) is 19.9. The summed E-state index contributed by atoms with van der Waals surface area (Å²) in [5.74, 6) is -0.863. The summed E-state index contributed by atoms with van der Waals surface area (Å²) in [5, 5.41) is 5.92. The van der Waals surface area contributed by atoms with Crippen LogP contribution in [0.2, 0.25) is 0 Å². The molecule has 0 radical (unpaired) electrons. The molecule has 0 aliphatic carbocycles.